The molecule has 0 spiro atoms. The van der Waals surface area contributed by atoms with E-state index in [9.17, 15) is 9.90 Å². The maximum atomic E-state index is 11.3. The summed E-state index contributed by atoms with van der Waals surface area (Å²) in [5.74, 6) is 0.866. The largest absolute Gasteiger partial charge is 0.491 e. The summed E-state index contributed by atoms with van der Waals surface area (Å²) in [7, 11) is 0. The lowest BCUT2D eigenvalue weighted by Crippen LogP contribution is -2.38. The first-order valence-corrected chi connectivity index (χ1v) is 11.2. The predicted octanol–water partition coefficient (Wildman–Crippen LogP) is 6.12. The normalized spacial score (nSPS) is 12.5. The Morgan fingerprint density at radius 3 is 2.50 bits per heavy atom. The number of benzene rings is 2. The molecule has 2 rings (SSSR count). The lowest BCUT2D eigenvalue weighted by molar-refractivity contribution is -0.152. The molecule has 1 unspecified atom stereocenters. The Labute approximate surface area is 191 Å². The second-order valence-electron chi connectivity index (χ2n) is 7.12. The number of hydrogen-bond donors (Lipinski definition) is 1. The van der Waals surface area contributed by atoms with Crippen LogP contribution in [-0.2, 0) is 9.53 Å². The van der Waals surface area contributed by atoms with Crippen LogP contribution in [0.2, 0.25) is 10.0 Å². The fraction of sp³-hybridized carbons (Fsp3) is 0.409. The molecule has 0 fully saturated rings. The van der Waals surface area contributed by atoms with Crippen LogP contribution in [0.4, 0.5) is 0 Å². The summed E-state index contributed by atoms with van der Waals surface area (Å²) in [6, 6.07) is 10.8. The summed E-state index contributed by atoms with van der Waals surface area (Å²) < 4.78 is 17.2. The quantitative estimate of drug-likeness (QED) is 0.397. The Morgan fingerprint density at radius 1 is 1.17 bits per heavy atom. The van der Waals surface area contributed by atoms with Gasteiger partial charge >= 0.3 is 5.97 Å². The minimum absolute atomic E-state index is 0.114. The summed E-state index contributed by atoms with van der Waals surface area (Å²) in [6.45, 7) is 7.84. The molecule has 8 heteroatoms. The van der Waals surface area contributed by atoms with Crippen molar-refractivity contribution in [3.8, 4) is 11.5 Å². The molecule has 5 nitrogen and oxygen atoms in total. The SMILES string of the molecule is CCOC(COc1ccc(Cl)c(Cl)c1)CSc1ccc(OC(C)(C)C(=O)O)c(C)c1. The van der Waals surface area contributed by atoms with E-state index in [2.05, 4.69) is 0 Å². The molecule has 0 heterocycles. The van der Waals surface area contributed by atoms with Crippen LogP contribution in [0.1, 0.15) is 26.3 Å². The lowest BCUT2D eigenvalue weighted by atomic mass is 10.1. The van der Waals surface area contributed by atoms with E-state index in [1.807, 2.05) is 26.0 Å². The average molecular weight is 473 g/mol. The zero-order chi connectivity index (χ0) is 22.3. The fourth-order valence-electron chi connectivity index (χ4n) is 2.47. The van der Waals surface area contributed by atoms with E-state index in [0.717, 1.165) is 10.5 Å². The highest BCUT2D eigenvalue weighted by molar-refractivity contribution is 7.99. The topological polar surface area (TPSA) is 65.0 Å². The van der Waals surface area contributed by atoms with Crippen molar-refractivity contribution in [1.82, 2.24) is 0 Å². The van der Waals surface area contributed by atoms with E-state index in [-0.39, 0.29) is 6.10 Å². The van der Waals surface area contributed by atoms with Crippen molar-refractivity contribution in [2.75, 3.05) is 19.0 Å². The fourth-order valence-corrected chi connectivity index (χ4v) is 3.75. The van der Waals surface area contributed by atoms with Gasteiger partial charge in [0, 0.05) is 23.3 Å². The van der Waals surface area contributed by atoms with Gasteiger partial charge in [0.05, 0.1) is 10.0 Å². The minimum Gasteiger partial charge on any atom is -0.491 e. The Bertz CT molecular complexity index is 873. The number of carbonyl (C=O) groups is 1. The van der Waals surface area contributed by atoms with Gasteiger partial charge in [-0.25, -0.2) is 4.79 Å². The number of thioether (sulfide) groups is 1. The van der Waals surface area contributed by atoms with Gasteiger partial charge in [-0.15, -0.1) is 11.8 Å². The summed E-state index contributed by atoms with van der Waals surface area (Å²) in [6.07, 6.45) is -0.114. The number of aliphatic carboxylic acids is 1. The Hall–Kier alpha value is -1.60. The molecule has 0 aromatic heterocycles. The number of hydrogen-bond acceptors (Lipinski definition) is 5. The van der Waals surface area contributed by atoms with Gasteiger partial charge in [0.1, 0.15) is 24.2 Å². The van der Waals surface area contributed by atoms with Crippen molar-refractivity contribution >= 4 is 40.9 Å². The third-order valence-electron chi connectivity index (χ3n) is 4.19. The summed E-state index contributed by atoms with van der Waals surface area (Å²) in [4.78, 5) is 12.3. The molecule has 2 aromatic carbocycles. The molecular formula is C22H26Cl2O5S. The summed E-state index contributed by atoms with van der Waals surface area (Å²) >= 11 is 13.6. The van der Waals surface area contributed by atoms with E-state index in [1.165, 1.54) is 13.8 Å². The van der Waals surface area contributed by atoms with Gasteiger partial charge in [-0.3, -0.25) is 0 Å². The van der Waals surface area contributed by atoms with Crippen LogP contribution in [0.25, 0.3) is 0 Å². The number of carboxylic acid groups (broad SMARTS) is 1. The first kappa shape index (κ1) is 24.7. The second-order valence-corrected chi connectivity index (χ2v) is 9.03. The number of ether oxygens (including phenoxy) is 3. The van der Waals surface area contributed by atoms with Crippen LogP contribution in [0.15, 0.2) is 41.3 Å². The Morgan fingerprint density at radius 2 is 1.90 bits per heavy atom. The predicted molar refractivity (Wildman–Crippen MR) is 122 cm³/mol. The molecule has 0 aliphatic carbocycles. The Balaban J connectivity index is 1.95. The first-order valence-electron chi connectivity index (χ1n) is 9.47. The molecule has 30 heavy (non-hydrogen) atoms. The van der Waals surface area contributed by atoms with E-state index in [4.69, 9.17) is 37.4 Å². The Kier molecular flexibility index (Phi) is 9.16. The highest BCUT2D eigenvalue weighted by atomic mass is 35.5. The molecule has 1 N–H and O–H groups in total. The zero-order valence-electron chi connectivity index (χ0n) is 17.4. The van der Waals surface area contributed by atoms with Gasteiger partial charge in [-0.2, -0.15) is 0 Å². The van der Waals surface area contributed by atoms with Crippen molar-refractivity contribution in [2.45, 2.75) is 44.3 Å². The van der Waals surface area contributed by atoms with Gasteiger partial charge in [-0.1, -0.05) is 23.2 Å². The third-order valence-corrected chi connectivity index (χ3v) is 6.06. The van der Waals surface area contributed by atoms with E-state index in [1.54, 1.807) is 36.0 Å². The molecule has 0 aliphatic rings. The van der Waals surface area contributed by atoms with Gasteiger partial charge in [0.25, 0.3) is 0 Å². The number of halogens is 2. The molecule has 0 saturated heterocycles. The van der Waals surface area contributed by atoms with Crippen molar-refractivity contribution < 1.29 is 24.1 Å². The van der Waals surface area contributed by atoms with Crippen LogP contribution < -0.4 is 9.47 Å². The minimum atomic E-state index is -1.29. The van der Waals surface area contributed by atoms with Crippen LogP contribution in [-0.4, -0.2) is 41.7 Å². The zero-order valence-corrected chi connectivity index (χ0v) is 19.7. The smallest absolute Gasteiger partial charge is 0.347 e. The standard InChI is InChI=1S/C22H26Cl2O5S/c1-5-27-16(12-28-15-6-8-18(23)19(24)11-15)13-30-17-7-9-20(14(2)10-17)29-22(3,4)21(25)26/h6-11,16H,5,12-13H2,1-4H3,(H,25,26). The van der Waals surface area contributed by atoms with Gasteiger partial charge in [0.15, 0.2) is 5.60 Å². The van der Waals surface area contributed by atoms with Gasteiger partial charge in [-0.05, 0) is 63.6 Å². The van der Waals surface area contributed by atoms with Crippen LogP contribution in [0.3, 0.4) is 0 Å². The maximum Gasteiger partial charge on any atom is 0.347 e. The highest BCUT2D eigenvalue weighted by Crippen LogP contribution is 2.30. The van der Waals surface area contributed by atoms with Crippen LogP contribution in [0, 0.1) is 6.92 Å². The molecule has 2 aromatic rings. The first-order chi connectivity index (χ1) is 14.1. The number of rotatable bonds is 11. The van der Waals surface area contributed by atoms with E-state index >= 15 is 0 Å². The van der Waals surface area contributed by atoms with Crippen molar-refractivity contribution in [2.24, 2.45) is 0 Å². The van der Waals surface area contributed by atoms with Crippen LogP contribution >= 0.6 is 35.0 Å². The van der Waals surface area contributed by atoms with Crippen molar-refractivity contribution in [3.63, 3.8) is 0 Å². The summed E-state index contributed by atoms with van der Waals surface area (Å²) in [5.41, 5.74) is -0.421. The second kappa shape index (κ2) is 11.1. The summed E-state index contributed by atoms with van der Waals surface area (Å²) in [5, 5.41) is 10.2. The highest BCUT2D eigenvalue weighted by Gasteiger charge is 2.29. The molecule has 0 saturated carbocycles. The molecule has 0 aliphatic heterocycles. The number of aryl methyl sites for hydroxylation is 1. The average Bonchev–Trinajstić information content (AvgIpc) is 2.68. The van der Waals surface area contributed by atoms with E-state index < -0.39 is 11.6 Å². The monoisotopic (exact) mass is 472 g/mol. The van der Waals surface area contributed by atoms with E-state index in [0.29, 0.717) is 40.5 Å². The molecular weight excluding hydrogens is 447 g/mol. The molecule has 164 valence electrons. The lowest BCUT2D eigenvalue weighted by Gasteiger charge is -2.23. The van der Waals surface area contributed by atoms with Crippen molar-refractivity contribution in [3.05, 3.63) is 52.0 Å². The van der Waals surface area contributed by atoms with Gasteiger partial charge in [0.2, 0.25) is 0 Å². The number of carboxylic acids is 1. The third kappa shape index (κ3) is 7.27. The van der Waals surface area contributed by atoms with Gasteiger partial charge < -0.3 is 19.3 Å². The maximum absolute atomic E-state index is 11.3. The molecule has 0 radical (unpaired) electrons. The molecule has 0 amide bonds. The van der Waals surface area contributed by atoms with Crippen LogP contribution in [0.5, 0.6) is 11.5 Å². The van der Waals surface area contributed by atoms with Crippen molar-refractivity contribution in [1.29, 1.82) is 0 Å². The molecule has 1 atom stereocenters. The molecule has 0 bridgehead atoms.